The standard InChI is InChI=1S/C36H34Cl2N6O5/c1-24-3-5-25(6-4-24)32(45)35(47,27-9-15-30(38)16-10-27)33(44-23-40-21-42-44)36(48,28-11-17-31(49-2)18-12-28)34(46,19-43-22-39-20-41-43)26-7-13-29(37)14-8-26/h3-18,20-23,32-33,45-48H,19H2,1-2H3. The number of methoxy groups -OCH3 is 1. The molecule has 13 heteroatoms. The lowest BCUT2D eigenvalue weighted by molar-refractivity contribution is -0.256. The Morgan fingerprint density at radius 2 is 1.27 bits per heavy atom. The van der Waals surface area contributed by atoms with Gasteiger partial charge in [-0.3, -0.25) is 0 Å². The molecular weight excluding hydrogens is 667 g/mol. The van der Waals surface area contributed by atoms with E-state index in [-0.39, 0.29) is 23.2 Å². The molecule has 0 saturated heterocycles. The lowest BCUT2D eigenvalue weighted by Crippen LogP contribution is -2.63. The maximum atomic E-state index is 13.8. The molecule has 0 amide bonds. The van der Waals surface area contributed by atoms with Gasteiger partial charge in [0.25, 0.3) is 0 Å². The molecule has 6 aromatic rings. The van der Waals surface area contributed by atoms with Crippen LogP contribution in [0.1, 0.15) is 40.0 Å². The number of aliphatic hydroxyl groups excluding tert-OH is 1. The van der Waals surface area contributed by atoms with Crippen LogP contribution < -0.4 is 4.74 Å². The smallest absolute Gasteiger partial charge is 0.150 e. The highest BCUT2D eigenvalue weighted by Gasteiger charge is 2.66. The van der Waals surface area contributed by atoms with Crippen LogP contribution in [0.4, 0.5) is 0 Å². The molecule has 2 aromatic heterocycles. The Balaban J connectivity index is 1.74. The summed E-state index contributed by atoms with van der Waals surface area (Å²) in [6, 6.07) is 24.2. The highest BCUT2D eigenvalue weighted by Crippen LogP contribution is 2.58. The molecule has 11 nitrogen and oxygen atoms in total. The van der Waals surface area contributed by atoms with Crippen molar-refractivity contribution in [3.05, 3.63) is 160 Å². The van der Waals surface area contributed by atoms with E-state index < -0.39 is 28.9 Å². The number of hydrogen-bond donors (Lipinski definition) is 4. The molecule has 0 aliphatic heterocycles. The van der Waals surface area contributed by atoms with Gasteiger partial charge in [-0.2, -0.15) is 10.2 Å². The highest BCUT2D eigenvalue weighted by molar-refractivity contribution is 6.30. The zero-order valence-corrected chi connectivity index (χ0v) is 28.1. The number of halogens is 2. The fourth-order valence-electron chi connectivity index (χ4n) is 6.42. The van der Waals surface area contributed by atoms with Crippen molar-refractivity contribution in [1.82, 2.24) is 29.5 Å². The first-order chi connectivity index (χ1) is 23.5. The molecule has 4 aromatic carbocycles. The predicted molar refractivity (Wildman–Crippen MR) is 183 cm³/mol. The first-order valence-electron chi connectivity index (χ1n) is 15.3. The van der Waals surface area contributed by atoms with Crippen molar-refractivity contribution in [2.45, 2.75) is 42.4 Å². The summed E-state index contributed by atoms with van der Waals surface area (Å²) in [6.45, 7) is 1.53. The molecule has 4 N–H and O–H groups in total. The molecule has 0 aliphatic rings. The first-order valence-corrected chi connectivity index (χ1v) is 16.0. The molecule has 0 radical (unpaired) electrons. The van der Waals surface area contributed by atoms with Crippen molar-refractivity contribution < 1.29 is 25.2 Å². The summed E-state index contributed by atoms with van der Waals surface area (Å²) in [5.41, 5.74) is -5.62. The van der Waals surface area contributed by atoms with Crippen molar-refractivity contribution in [3.63, 3.8) is 0 Å². The largest absolute Gasteiger partial charge is 0.497 e. The third kappa shape index (κ3) is 6.21. The summed E-state index contributed by atoms with van der Waals surface area (Å²) in [5, 5.41) is 62.5. The van der Waals surface area contributed by atoms with Crippen molar-refractivity contribution in [1.29, 1.82) is 0 Å². The number of aromatic nitrogens is 6. The zero-order chi connectivity index (χ0) is 34.8. The Morgan fingerprint density at radius 3 is 1.80 bits per heavy atom. The van der Waals surface area contributed by atoms with E-state index in [4.69, 9.17) is 27.9 Å². The van der Waals surface area contributed by atoms with Crippen LogP contribution in [0, 0.1) is 6.92 Å². The molecule has 5 unspecified atom stereocenters. The van der Waals surface area contributed by atoms with Crippen LogP contribution in [0.3, 0.4) is 0 Å². The van der Waals surface area contributed by atoms with Gasteiger partial charge in [-0.25, -0.2) is 19.3 Å². The third-order valence-corrected chi connectivity index (χ3v) is 9.47. The quantitative estimate of drug-likeness (QED) is 0.136. The van der Waals surface area contributed by atoms with Crippen molar-refractivity contribution in [2.24, 2.45) is 0 Å². The van der Waals surface area contributed by atoms with Crippen LogP contribution in [0.2, 0.25) is 10.0 Å². The van der Waals surface area contributed by atoms with Gasteiger partial charge in [-0.15, -0.1) is 0 Å². The zero-order valence-electron chi connectivity index (χ0n) is 26.5. The number of rotatable bonds is 12. The fourth-order valence-corrected chi connectivity index (χ4v) is 6.67. The average Bonchev–Trinajstić information content (AvgIpc) is 3.84. The summed E-state index contributed by atoms with van der Waals surface area (Å²) < 4.78 is 8.02. The second-order valence-corrected chi connectivity index (χ2v) is 12.8. The minimum Gasteiger partial charge on any atom is -0.497 e. The highest BCUT2D eigenvalue weighted by atomic mass is 35.5. The van der Waals surface area contributed by atoms with Crippen molar-refractivity contribution in [3.8, 4) is 5.75 Å². The molecule has 5 atom stereocenters. The summed E-state index contributed by atoms with van der Waals surface area (Å²) in [4.78, 5) is 8.22. The van der Waals surface area contributed by atoms with Crippen LogP contribution in [-0.2, 0) is 23.3 Å². The molecule has 0 spiro atoms. The normalized spacial score (nSPS) is 16.6. The lowest BCUT2D eigenvalue weighted by atomic mass is 9.62. The van der Waals surface area contributed by atoms with E-state index in [0.717, 1.165) is 5.56 Å². The van der Waals surface area contributed by atoms with Crippen molar-refractivity contribution >= 4 is 23.2 Å². The molecule has 0 saturated carbocycles. The van der Waals surface area contributed by atoms with Gasteiger partial charge >= 0.3 is 0 Å². The summed E-state index contributed by atoms with van der Waals surface area (Å²) >= 11 is 12.6. The minimum absolute atomic E-state index is 0.134. The van der Waals surface area contributed by atoms with E-state index in [1.807, 2.05) is 6.92 Å². The Hall–Kier alpha value is -4.62. The van der Waals surface area contributed by atoms with E-state index >= 15 is 0 Å². The molecule has 0 aliphatic carbocycles. The van der Waals surface area contributed by atoms with E-state index in [9.17, 15) is 20.4 Å². The first kappa shape index (κ1) is 34.3. The van der Waals surface area contributed by atoms with Gasteiger partial charge in [-0.05, 0) is 65.6 Å². The topological polar surface area (TPSA) is 152 Å². The lowest BCUT2D eigenvalue weighted by Gasteiger charge is -2.54. The SMILES string of the molecule is COc1ccc(C(O)(C(n2cncn2)C(O)(c2ccc(Cl)cc2)C(O)c2ccc(C)cc2)C(O)(Cn2cncn2)c2ccc(Cl)cc2)cc1. The third-order valence-electron chi connectivity index (χ3n) is 8.97. The van der Waals surface area contributed by atoms with Gasteiger partial charge in [0.15, 0.2) is 0 Å². The Labute approximate surface area is 292 Å². The second-order valence-electron chi connectivity index (χ2n) is 11.9. The number of benzene rings is 4. The van der Waals surface area contributed by atoms with Gasteiger partial charge in [0.2, 0.25) is 0 Å². The molecule has 2 heterocycles. The van der Waals surface area contributed by atoms with Crippen LogP contribution in [0.5, 0.6) is 5.75 Å². The Morgan fingerprint density at radius 1 is 0.714 bits per heavy atom. The number of aryl methyl sites for hydroxylation is 1. The molecule has 252 valence electrons. The maximum Gasteiger partial charge on any atom is 0.150 e. The Bertz CT molecular complexity index is 1960. The molecular formula is C36H34Cl2N6O5. The minimum atomic E-state index is -2.58. The fraction of sp³-hybridized carbons (Fsp3) is 0.222. The van der Waals surface area contributed by atoms with Gasteiger partial charge in [0, 0.05) is 10.0 Å². The van der Waals surface area contributed by atoms with E-state index in [2.05, 4.69) is 20.2 Å². The Kier molecular flexibility index (Phi) is 9.58. The summed E-state index contributed by atoms with van der Waals surface area (Å²) in [7, 11) is 1.51. The molecule has 49 heavy (non-hydrogen) atoms. The summed E-state index contributed by atoms with van der Waals surface area (Å²) in [6.07, 6.45) is 3.52. The average molecular weight is 702 g/mol. The van der Waals surface area contributed by atoms with Gasteiger partial charge in [0.05, 0.1) is 13.7 Å². The van der Waals surface area contributed by atoms with Crippen LogP contribution in [0.15, 0.2) is 122 Å². The van der Waals surface area contributed by atoms with Crippen LogP contribution in [0.25, 0.3) is 0 Å². The second kappa shape index (κ2) is 13.7. The van der Waals surface area contributed by atoms with E-state index in [1.54, 1.807) is 97.1 Å². The van der Waals surface area contributed by atoms with Gasteiger partial charge in [-0.1, -0.05) is 89.4 Å². The number of aliphatic hydroxyl groups is 4. The summed E-state index contributed by atoms with van der Waals surface area (Å²) in [5.74, 6) is 0.474. The monoisotopic (exact) mass is 700 g/mol. The number of nitrogens with zero attached hydrogens (tertiary/aromatic N) is 6. The predicted octanol–water partition coefficient (Wildman–Crippen LogP) is 5.13. The van der Waals surface area contributed by atoms with Crippen LogP contribution in [-0.4, -0.2) is 57.1 Å². The van der Waals surface area contributed by atoms with Gasteiger partial charge in [0.1, 0.15) is 60.0 Å². The van der Waals surface area contributed by atoms with Gasteiger partial charge < -0.3 is 25.2 Å². The van der Waals surface area contributed by atoms with E-state index in [0.29, 0.717) is 21.4 Å². The number of ether oxygens (including phenoxy) is 1. The van der Waals surface area contributed by atoms with Crippen molar-refractivity contribution in [2.75, 3.05) is 7.11 Å². The van der Waals surface area contributed by atoms with Crippen LogP contribution >= 0.6 is 23.2 Å². The maximum absolute atomic E-state index is 13.8. The molecule has 0 fully saturated rings. The number of hydrogen-bond acceptors (Lipinski definition) is 9. The molecule has 6 rings (SSSR count). The van der Waals surface area contributed by atoms with E-state index in [1.165, 1.54) is 41.8 Å². The molecule has 0 bridgehead atoms.